The van der Waals surface area contributed by atoms with Crippen molar-refractivity contribution in [2.75, 3.05) is 19.8 Å². The fraction of sp³-hybridized carbons (Fsp3) is 0.789. The average molecular weight is 346 g/mol. The standard InChI is InChI=1S/C19H30N4O2/c1-14-13-23-9-3-4-15(17(23)21-14)12-20-18(24)22-16-5-2-6-19(16)7-10-25-11-8-19/h13,15-16H,2-12H2,1H3,(H2,20,22,24). The lowest BCUT2D eigenvalue weighted by Crippen LogP contribution is -2.50. The molecule has 2 amide bonds. The molecule has 0 bridgehead atoms. The lowest BCUT2D eigenvalue weighted by Gasteiger charge is -2.39. The number of hydrogen-bond donors (Lipinski definition) is 2. The molecular formula is C19H30N4O2. The SMILES string of the molecule is Cc1cn2c(n1)C(CNC(=O)NC1CCCC13CCOCC3)CCC2. The van der Waals surface area contributed by atoms with E-state index in [1.54, 1.807) is 0 Å². The molecule has 2 fully saturated rings. The van der Waals surface area contributed by atoms with Crippen LogP contribution >= 0.6 is 0 Å². The lowest BCUT2D eigenvalue weighted by molar-refractivity contribution is 0.00623. The lowest BCUT2D eigenvalue weighted by atomic mass is 9.75. The van der Waals surface area contributed by atoms with Gasteiger partial charge < -0.3 is 19.9 Å². The summed E-state index contributed by atoms with van der Waals surface area (Å²) in [6, 6.07) is 0.283. The summed E-state index contributed by atoms with van der Waals surface area (Å²) in [5, 5.41) is 6.39. The van der Waals surface area contributed by atoms with Crippen LogP contribution in [0.25, 0.3) is 0 Å². The van der Waals surface area contributed by atoms with Crippen molar-refractivity contribution in [2.45, 2.75) is 70.4 Å². The molecule has 1 spiro atoms. The van der Waals surface area contributed by atoms with Crippen LogP contribution in [0.3, 0.4) is 0 Å². The fourth-order valence-electron chi connectivity index (χ4n) is 5.07. The van der Waals surface area contributed by atoms with Gasteiger partial charge in [-0.2, -0.15) is 0 Å². The van der Waals surface area contributed by atoms with Crippen molar-refractivity contribution >= 4 is 6.03 Å². The summed E-state index contributed by atoms with van der Waals surface area (Å²) in [4.78, 5) is 17.2. The zero-order chi connectivity index (χ0) is 17.3. The first-order chi connectivity index (χ1) is 12.2. The van der Waals surface area contributed by atoms with E-state index in [2.05, 4.69) is 26.4 Å². The second-order valence-electron chi connectivity index (χ2n) is 8.05. The number of aromatic nitrogens is 2. The molecule has 0 radical (unpaired) electrons. The number of nitrogens with zero attached hydrogens (tertiary/aromatic N) is 2. The predicted molar refractivity (Wildman–Crippen MR) is 95.6 cm³/mol. The van der Waals surface area contributed by atoms with Gasteiger partial charge in [0.15, 0.2) is 0 Å². The smallest absolute Gasteiger partial charge is 0.315 e. The Hall–Kier alpha value is -1.56. The summed E-state index contributed by atoms with van der Waals surface area (Å²) in [6.45, 7) is 5.43. The maximum atomic E-state index is 12.5. The largest absolute Gasteiger partial charge is 0.381 e. The fourth-order valence-corrected chi connectivity index (χ4v) is 5.07. The highest BCUT2D eigenvalue weighted by Crippen LogP contribution is 2.45. The zero-order valence-electron chi connectivity index (χ0n) is 15.2. The van der Waals surface area contributed by atoms with E-state index in [1.165, 1.54) is 12.8 Å². The minimum atomic E-state index is -0.0156. The normalized spacial score (nSPS) is 27.9. The van der Waals surface area contributed by atoms with Gasteiger partial charge in [0.2, 0.25) is 0 Å². The van der Waals surface area contributed by atoms with Gasteiger partial charge in [-0.05, 0) is 50.9 Å². The van der Waals surface area contributed by atoms with Crippen molar-refractivity contribution in [3.05, 3.63) is 17.7 Å². The van der Waals surface area contributed by atoms with Crippen LogP contribution in [0.15, 0.2) is 6.20 Å². The van der Waals surface area contributed by atoms with E-state index in [9.17, 15) is 4.79 Å². The Kier molecular flexibility index (Phi) is 4.71. The van der Waals surface area contributed by atoms with Crippen LogP contribution in [0.2, 0.25) is 0 Å². The highest BCUT2D eigenvalue weighted by Gasteiger charge is 2.44. The minimum absolute atomic E-state index is 0.0156. The van der Waals surface area contributed by atoms with Gasteiger partial charge in [-0.15, -0.1) is 0 Å². The van der Waals surface area contributed by atoms with Crippen LogP contribution in [0, 0.1) is 12.3 Å². The van der Waals surface area contributed by atoms with Crippen molar-refractivity contribution in [3.63, 3.8) is 0 Å². The maximum absolute atomic E-state index is 12.5. The van der Waals surface area contributed by atoms with Crippen molar-refractivity contribution < 1.29 is 9.53 Å². The van der Waals surface area contributed by atoms with Crippen LogP contribution < -0.4 is 10.6 Å². The number of carbonyl (C=O) groups is 1. The quantitative estimate of drug-likeness (QED) is 0.884. The van der Waals surface area contributed by atoms with E-state index < -0.39 is 0 Å². The average Bonchev–Trinajstić information content (AvgIpc) is 3.17. The van der Waals surface area contributed by atoms with E-state index in [4.69, 9.17) is 4.74 Å². The monoisotopic (exact) mass is 346 g/mol. The van der Waals surface area contributed by atoms with Gasteiger partial charge in [0.1, 0.15) is 5.82 Å². The van der Waals surface area contributed by atoms with Gasteiger partial charge >= 0.3 is 6.03 Å². The number of fused-ring (bicyclic) bond motifs is 1. The van der Waals surface area contributed by atoms with Crippen molar-refractivity contribution in [1.82, 2.24) is 20.2 Å². The Labute approximate surface area is 149 Å². The summed E-state index contributed by atoms with van der Waals surface area (Å²) in [6.07, 6.45) is 10.1. The molecule has 4 rings (SSSR count). The van der Waals surface area contributed by atoms with Gasteiger partial charge in [0.25, 0.3) is 0 Å². The Morgan fingerprint density at radius 2 is 2.16 bits per heavy atom. The van der Waals surface area contributed by atoms with Gasteiger partial charge in [-0.25, -0.2) is 9.78 Å². The predicted octanol–water partition coefficient (Wildman–Crippen LogP) is 2.72. The highest BCUT2D eigenvalue weighted by atomic mass is 16.5. The number of ether oxygens (including phenoxy) is 1. The molecule has 6 heteroatoms. The first-order valence-electron chi connectivity index (χ1n) is 9.82. The topological polar surface area (TPSA) is 68.2 Å². The third-order valence-electron chi connectivity index (χ3n) is 6.45. The van der Waals surface area contributed by atoms with E-state index in [0.717, 1.165) is 63.4 Å². The van der Waals surface area contributed by atoms with E-state index in [1.807, 2.05) is 6.92 Å². The second-order valence-corrected chi connectivity index (χ2v) is 8.05. The molecule has 2 unspecified atom stereocenters. The molecule has 6 nitrogen and oxygen atoms in total. The molecule has 2 atom stereocenters. The van der Waals surface area contributed by atoms with Gasteiger partial charge in [-0.1, -0.05) is 6.42 Å². The molecule has 3 heterocycles. The molecule has 1 aliphatic carbocycles. The van der Waals surface area contributed by atoms with Crippen LogP contribution in [-0.4, -0.2) is 41.4 Å². The first kappa shape index (κ1) is 16.9. The number of urea groups is 1. The number of hydrogen-bond acceptors (Lipinski definition) is 3. The van der Waals surface area contributed by atoms with Crippen LogP contribution in [-0.2, 0) is 11.3 Å². The van der Waals surface area contributed by atoms with Crippen LogP contribution in [0.4, 0.5) is 4.79 Å². The van der Waals surface area contributed by atoms with Crippen molar-refractivity contribution in [1.29, 1.82) is 0 Å². The first-order valence-corrected chi connectivity index (χ1v) is 9.82. The maximum Gasteiger partial charge on any atom is 0.315 e. The van der Waals surface area contributed by atoms with E-state index >= 15 is 0 Å². The van der Waals surface area contributed by atoms with Gasteiger partial charge in [-0.3, -0.25) is 0 Å². The molecule has 25 heavy (non-hydrogen) atoms. The van der Waals surface area contributed by atoms with Crippen molar-refractivity contribution in [2.24, 2.45) is 5.41 Å². The van der Waals surface area contributed by atoms with Gasteiger partial charge in [0, 0.05) is 44.5 Å². The zero-order valence-corrected chi connectivity index (χ0v) is 15.2. The number of carbonyl (C=O) groups excluding carboxylic acids is 1. The number of aryl methyl sites for hydroxylation is 2. The van der Waals surface area contributed by atoms with Crippen molar-refractivity contribution in [3.8, 4) is 0 Å². The molecule has 1 aromatic rings. The third-order valence-corrected chi connectivity index (χ3v) is 6.45. The Balaban J connectivity index is 1.32. The molecule has 3 aliphatic rings. The molecule has 138 valence electrons. The minimum Gasteiger partial charge on any atom is -0.381 e. The molecule has 0 aromatic carbocycles. The van der Waals surface area contributed by atoms with Crippen LogP contribution in [0.1, 0.15) is 62.4 Å². The highest BCUT2D eigenvalue weighted by molar-refractivity contribution is 5.74. The number of nitrogens with one attached hydrogen (secondary N) is 2. The molecule has 1 saturated carbocycles. The number of imidazole rings is 1. The summed E-state index contributed by atoms with van der Waals surface area (Å²) in [7, 11) is 0. The third kappa shape index (κ3) is 3.41. The number of rotatable bonds is 3. The molecule has 2 aliphatic heterocycles. The summed E-state index contributed by atoms with van der Waals surface area (Å²) >= 11 is 0. The summed E-state index contributed by atoms with van der Waals surface area (Å²) in [5.41, 5.74) is 1.34. The summed E-state index contributed by atoms with van der Waals surface area (Å²) < 4.78 is 7.78. The van der Waals surface area contributed by atoms with E-state index in [0.29, 0.717) is 18.5 Å². The molecule has 1 saturated heterocycles. The Morgan fingerprint density at radius 1 is 1.32 bits per heavy atom. The summed E-state index contributed by atoms with van der Waals surface area (Å²) in [5.74, 6) is 1.46. The molecule has 1 aromatic heterocycles. The van der Waals surface area contributed by atoms with E-state index in [-0.39, 0.29) is 11.4 Å². The Morgan fingerprint density at radius 3 is 3.00 bits per heavy atom. The molecule has 2 N–H and O–H groups in total. The number of amides is 2. The van der Waals surface area contributed by atoms with Gasteiger partial charge in [0.05, 0.1) is 5.69 Å². The molecular weight excluding hydrogens is 316 g/mol. The second kappa shape index (κ2) is 6.98. The van der Waals surface area contributed by atoms with Crippen LogP contribution in [0.5, 0.6) is 0 Å². The Bertz CT molecular complexity index is 621.